The van der Waals surface area contributed by atoms with Gasteiger partial charge in [-0.05, 0) is 55.8 Å². The number of aromatic amines is 1. The number of carbonyl (C=O) groups excluding carboxylic acids is 1. The predicted octanol–water partition coefficient (Wildman–Crippen LogP) is 5.87. The van der Waals surface area contributed by atoms with E-state index in [-0.39, 0.29) is 5.91 Å². The molecule has 5 rings (SSSR count). The number of H-pyrrole nitrogens is 1. The van der Waals surface area contributed by atoms with Crippen molar-refractivity contribution in [3.05, 3.63) is 88.5 Å². The van der Waals surface area contributed by atoms with Crippen molar-refractivity contribution in [2.75, 3.05) is 13.2 Å². The smallest absolute Gasteiger partial charge is 0.273 e. The summed E-state index contributed by atoms with van der Waals surface area (Å²) in [7, 11) is 0. The van der Waals surface area contributed by atoms with E-state index in [1.54, 1.807) is 11.2 Å². The first-order valence-corrected chi connectivity index (χ1v) is 11.6. The third-order valence-electron chi connectivity index (χ3n) is 5.77. The van der Waals surface area contributed by atoms with Gasteiger partial charge in [-0.3, -0.25) is 9.89 Å². The summed E-state index contributed by atoms with van der Waals surface area (Å²) in [5, 5.41) is 8.11. The molecule has 0 spiro atoms. The summed E-state index contributed by atoms with van der Waals surface area (Å²) >= 11 is 6.10. The summed E-state index contributed by atoms with van der Waals surface area (Å²) in [6.07, 6.45) is 1.61. The van der Waals surface area contributed by atoms with E-state index in [0.717, 1.165) is 16.7 Å². The minimum Gasteiger partial charge on any atom is -0.490 e. The van der Waals surface area contributed by atoms with Gasteiger partial charge in [0.05, 0.1) is 37.8 Å². The molecule has 7 nitrogen and oxygen atoms in total. The second kappa shape index (κ2) is 9.27. The molecule has 34 heavy (non-hydrogen) atoms. The molecule has 0 fully saturated rings. The van der Waals surface area contributed by atoms with Gasteiger partial charge in [0.2, 0.25) is 0 Å². The first-order chi connectivity index (χ1) is 16.6. The van der Waals surface area contributed by atoms with Crippen LogP contribution in [0.3, 0.4) is 0 Å². The molecule has 1 aliphatic heterocycles. The largest absolute Gasteiger partial charge is 0.490 e. The average Bonchev–Trinajstić information content (AvgIpc) is 3.56. The van der Waals surface area contributed by atoms with E-state index < -0.39 is 6.04 Å². The van der Waals surface area contributed by atoms with E-state index in [1.165, 1.54) is 0 Å². The summed E-state index contributed by atoms with van der Waals surface area (Å²) in [5.41, 5.74) is 3.75. The van der Waals surface area contributed by atoms with Gasteiger partial charge in [-0.25, -0.2) is 0 Å². The molecule has 2 aromatic heterocycles. The highest BCUT2D eigenvalue weighted by molar-refractivity contribution is 6.30. The number of amides is 1. The number of ether oxygens (including phenoxy) is 2. The molecule has 1 unspecified atom stereocenters. The summed E-state index contributed by atoms with van der Waals surface area (Å²) in [6.45, 7) is 5.20. The number of hydrogen-bond acceptors (Lipinski definition) is 5. The number of fused-ring (bicyclic) bond motifs is 1. The summed E-state index contributed by atoms with van der Waals surface area (Å²) in [5.74, 6) is 1.86. The fourth-order valence-electron chi connectivity index (χ4n) is 4.34. The molecule has 0 radical (unpaired) electrons. The lowest BCUT2D eigenvalue weighted by atomic mass is 9.95. The van der Waals surface area contributed by atoms with Crippen molar-refractivity contribution in [3.8, 4) is 22.8 Å². The molecule has 174 valence electrons. The maximum absolute atomic E-state index is 13.5. The van der Waals surface area contributed by atoms with E-state index >= 15 is 0 Å². The molecule has 0 saturated carbocycles. The van der Waals surface area contributed by atoms with Crippen molar-refractivity contribution in [1.29, 1.82) is 0 Å². The van der Waals surface area contributed by atoms with Crippen molar-refractivity contribution in [3.63, 3.8) is 0 Å². The van der Waals surface area contributed by atoms with Crippen LogP contribution in [0.2, 0.25) is 5.02 Å². The molecule has 1 amide bonds. The van der Waals surface area contributed by atoms with E-state index in [0.29, 0.717) is 53.4 Å². The minimum atomic E-state index is -0.396. The first-order valence-electron chi connectivity index (χ1n) is 11.2. The lowest BCUT2D eigenvalue weighted by Crippen LogP contribution is -2.29. The Bertz CT molecular complexity index is 1300. The molecule has 1 aliphatic rings. The Morgan fingerprint density at radius 3 is 2.53 bits per heavy atom. The Balaban J connectivity index is 1.65. The number of nitrogens with one attached hydrogen (secondary N) is 1. The van der Waals surface area contributed by atoms with Crippen LogP contribution < -0.4 is 9.47 Å². The van der Waals surface area contributed by atoms with Gasteiger partial charge < -0.3 is 18.8 Å². The third-order valence-corrected chi connectivity index (χ3v) is 6.02. The predicted molar refractivity (Wildman–Crippen MR) is 128 cm³/mol. The molecule has 3 heterocycles. The van der Waals surface area contributed by atoms with Gasteiger partial charge in [0, 0.05) is 16.1 Å². The zero-order valence-electron chi connectivity index (χ0n) is 18.9. The van der Waals surface area contributed by atoms with Crippen LogP contribution in [-0.2, 0) is 6.54 Å². The highest BCUT2D eigenvalue weighted by Gasteiger charge is 2.42. The number of benzene rings is 2. The van der Waals surface area contributed by atoms with Gasteiger partial charge in [0.1, 0.15) is 11.5 Å². The summed E-state index contributed by atoms with van der Waals surface area (Å²) in [4.78, 5) is 15.3. The molecular formula is C26H24ClN3O4. The van der Waals surface area contributed by atoms with Crippen molar-refractivity contribution >= 4 is 17.5 Å². The molecule has 0 bridgehead atoms. The minimum absolute atomic E-state index is 0.143. The maximum Gasteiger partial charge on any atom is 0.273 e. The topological polar surface area (TPSA) is 80.6 Å². The summed E-state index contributed by atoms with van der Waals surface area (Å²) in [6, 6.07) is 16.5. The lowest BCUT2D eigenvalue weighted by molar-refractivity contribution is 0.0716. The molecule has 1 atom stereocenters. The van der Waals surface area contributed by atoms with E-state index in [9.17, 15) is 4.79 Å². The average molecular weight is 478 g/mol. The van der Waals surface area contributed by atoms with Crippen LogP contribution >= 0.6 is 11.6 Å². The zero-order chi connectivity index (χ0) is 23.7. The van der Waals surface area contributed by atoms with Gasteiger partial charge in [-0.15, -0.1) is 0 Å². The van der Waals surface area contributed by atoms with E-state index in [2.05, 4.69) is 10.2 Å². The molecule has 0 saturated heterocycles. The molecule has 4 aromatic rings. The van der Waals surface area contributed by atoms with Gasteiger partial charge in [0.15, 0.2) is 11.5 Å². The van der Waals surface area contributed by atoms with Crippen LogP contribution in [0.4, 0.5) is 0 Å². The Kier molecular flexibility index (Phi) is 6.02. The lowest BCUT2D eigenvalue weighted by Gasteiger charge is -2.26. The summed E-state index contributed by atoms with van der Waals surface area (Å²) < 4.78 is 17.2. The standard InChI is InChI=1S/C26H24ClN3O4/c1-3-32-20-12-9-17(14-21(20)33-4-2)25-22-23(16-7-10-18(27)11-8-16)28-29-24(22)26(31)30(25)15-19-6-5-13-34-19/h5-14,25H,3-4,15H2,1-2H3,(H,28,29). The van der Waals surface area contributed by atoms with Crippen LogP contribution in [0.5, 0.6) is 11.5 Å². The zero-order valence-corrected chi connectivity index (χ0v) is 19.6. The normalized spacial score (nSPS) is 15.0. The number of nitrogens with zero attached hydrogens (tertiary/aromatic N) is 2. The molecule has 8 heteroatoms. The van der Waals surface area contributed by atoms with Crippen molar-refractivity contribution in [1.82, 2.24) is 15.1 Å². The fourth-order valence-corrected chi connectivity index (χ4v) is 4.47. The monoisotopic (exact) mass is 477 g/mol. The van der Waals surface area contributed by atoms with Crippen molar-refractivity contribution in [2.24, 2.45) is 0 Å². The van der Waals surface area contributed by atoms with E-state index in [1.807, 2.05) is 68.4 Å². The van der Waals surface area contributed by atoms with Crippen LogP contribution in [-0.4, -0.2) is 34.2 Å². The molecule has 1 N–H and O–H groups in total. The number of rotatable bonds is 8. The van der Waals surface area contributed by atoms with Gasteiger partial charge in [-0.1, -0.05) is 29.8 Å². The fraction of sp³-hybridized carbons (Fsp3) is 0.231. The van der Waals surface area contributed by atoms with Gasteiger partial charge in [0.25, 0.3) is 5.91 Å². The Hall–Kier alpha value is -3.71. The van der Waals surface area contributed by atoms with Crippen LogP contribution in [0, 0.1) is 0 Å². The highest BCUT2D eigenvalue weighted by Crippen LogP contribution is 2.45. The number of hydrogen-bond donors (Lipinski definition) is 1. The Labute approximate surface area is 202 Å². The number of furan rings is 1. The van der Waals surface area contributed by atoms with Gasteiger partial charge in [-0.2, -0.15) is 5.10 Å². The second-order valence-electron chi connectivity index (χ2n) is 7.85. The highest BCUT2D eigenvalue weighted by atomic mass is 35.5. The number of carbonyl (C=O) groups is 1. The molecular weight excluding hydrogens is 454 g/mol. The van der Waals surface area contributed by atoms with Crippen molar-refractivity contribution in [2.45, 2.75) is 26.4 Å². The SMILES string of the molecule is CCOc1ccc(C2c3c(-c4ccc(Cl)cc4)n[nH]c3C(=O)N2Cc2ccco2)cc1OCC. The number of halogens is 1. The Morgan fingerprint density at radius 2 is 1.82 bits per heavy atom. The molecule has 2 aromatic carbocycles. The van der Waals surface area contributed by atoms with E-state index in [4.69, 9.17) is 25.5 Å². The molecule has 0 aliphatic carbocycles. The second-order valence-corrected chi connectivity index (χ2v) is 8.29. The first kappa shape index (κ1) is 22.1. The maximum atomic E-state index is 13.5. The Morgan fingerprint density at radius 1 is 1.06 bits per heavy atom. The quantitative estimate of drug-likeness (QED) is 0.343. The third kappa shape index (κ3) is 3.92. The van der Waals surface area contributed by atoms with Gasteiger partial charge >= 0.3 is 0 Å². The van der Waals surface area contributed by atoms with Crippen LogP contribution in [0.1, 0.15) is 47.3 Å². The number of aromatic nitrogens is 2. The van der Waals surface area contributed by atoms with Crippen LogP contribution in [0.25, 0.3) is 11.3 Å². The van der Waals surface area contributed by atoms with Crippen molar-refractivity contribution < 1.29 is 18.7 Å². The van der Waals surface area contributed by atoms with Crippen LogP contribution in [0.15, 0.2) is 65.3 Å².